The van der Waals surface area contributed by atoms with E-state index in [0.717, 1.165) is 5.56 Å². The number of ether oxygens (including phenoxy) is 1. The van der Waals surface area contributed by atoms with Gasteiger partial charge in [-0.15, -0.1) is 0 Å². The van der Waals surface area contributed by atoms with E-state index in [1.165, 1.54) is 18.2 Å². The van der Waals surface area contributed by atoms with Gasteiger partial charge in [0.2, 0.25) is 0 Å². The lowest BCUT2D eigenvalue weighted by Crippen LogP contribution is -2.29. The van der Waals surface area contributed by atoms with Crippen molar-refractivity contribution in [3.63, 3.8) is 0 Å². The van der Waals surface area contributed by atoms with E-state index in [1.807, 2.05) is 30.3 Å². The average molecular weight is 282 g/mol. The summed E-state index contributed by atoms with van der Waals surface area (Å²) in [5.41, 5.74) is 1.68. The third kappa shape index (κ3) is 2.65. The molecule has 0 radical (unpaired) electrons. The van der Waals surface area contributed by atoms with Gasteiger partial charge in [0.1, 0.15) is 5.75 Å². The van der Waals surface area contributed by atoms with Crippen LogP contribution in [0.25, 0.3) is 0 Å². The molecule has 0 saturated heterocycles. The maximum Gasteiger partial charge on any atom is 0.335 e. The predicted molar refractivity (Wildman–Crippen MR) is 76.9 cm³/mol. The molecule has 4 heteroatoms. The van der Waals surface area contributed by atoms with Crippen molar-refractivity contribution in [2.24, 2.45) is 5.92 Å². The third-order valence-corrected chi connectivity index (χ3v) is 3.63. The highest BCUT2D eigenvalue weighted by Crippen LogP contribution is 2.30. The van der Waals surface area contributed by atoms with E-state index in [-0.39, 0.29) is 23.9 Å². The van der Waals surface area contributed by atoms with Gasteiger partial charge in [0, 0.05) is 0 Å². The molecule has 1 unspecified atom stereocenters. The number of ketones is 1. The zero-order chi connectivity index (χ0) is 14.8. The van der Waals surface area contributed by atoms with Gasteiger partial charge in [0.05, 0.1) is 23.7 Å². The second kappa shape index (κ2) is 5.40. The van der Waals surface area contributed by atoms with E-state index in [4.69, 9.17) is 9.84 Å². The molecular weight excluding hydrogens is 268 g/mol. The van der Waals surface area contributed by atoms with Crippen LogP contribution in [0.2, 0.25) is 0 Å². The first-order valence-electron chi connectivity index (χ1n) is 6.73. The fraction of sp³-hybridized carbons (Fsp3) is 0.176. The van der Waals surface area contributed by atoms with Crippen molar-refractivity contribution in [2.45, 2.75) is 6.42 Å². The molecule has 0 spiro atoms. The van der Waals surface area contributed by atoms with E-state index in [9.17, 15) is 9.59 Å². The molecule has 0 aromatic heterocycles. The molecule has 4 nitrogen and oxygen atoms in total. The molecule has 2 aromatic rings. The van der Waals surface area contributed by atoms with Crippen molar-refractivity contribution in [2.75, 3.05) is 6.61 Å². The molecule has 21 heavy (non-hydrogen) atoms. The Kier molecular flexibility index (Phi) is 3.44. The Morgan fingerprint density at radius 2 is 1.95 bits per heavy atom. The van der Waals surface area contributed by atoms with Crippen molar-refractivity contribution in [3.8, 4) is 5.75 Å². The summed E-state index contributed by atoms with van der Waals surface area (Å²) in [5.74, 6) is -0.878. The van der Waals surface area contributed by atoms with E-state index in [2.05, 4.69) is 0 Å². The van der Waals surface area contributed by atoms with Gasteiger partial charge in [-0.3, -0.25) is 4.79 Å². The van der Waals surface area contributed by atoms with Crippen LogP contribution in [0.5, 0.6) is 5.75 Å². The molecule has 1 atom stereocenters. The lowest BCUT2D eigenvalue weighted by Gasteiger charge is -2.24. The molecule has 2 aromatic carbocycles. The Morgan fingerprint density at radius 1 is 1.19 bits per heavy atom. The first-order chi connectivity index (χ1) is 10.1. The Balaban J connectivity index is 1.84. The second-order valence-corrected chi connectivity index (χ2v) is 5.08. The molecule has 0 amide bonds. The van der Waals surface area contributed by atoms with Crippen LogP contribution in [0.15, 0.2) is 48.5 Å². The normalized spacial score (nSPS) is 17.0. The van der Waals surface area contributed by atoms with Crippen molar-refractivity contribution in [3.05, 3.63) is 65.2 Å². The number of carboxylic acid groups (broad SMARTS) is 1. The molecule has 0 bridgehead atoms. The number of hydrogen-bond acceptors (Lipinski definition) is 3. The maximum atomic E-state index is 12.5. The molecule has 1 N–H and O–H groups in total. The number of fused-ring (bicyclic) bond motifs is 1. The number of carbonyl (C=O) groups excluding carboxylic acids is 1. The Labute approximate surface area is 122 Å². The summed E-state index contributed by atoms with van der Waals surface area (Å²) in [7, 11) is 0. The smallest absolute Gasteiger partial charge is 0.335 e. The number of Topliss-reactive ketones (excluding diaryl/α,β-unsaturated/α-hetero) is 1. The van der Waals surface area contributed by atoms with Gasteiger partial charge >= 0.3 is 5.97 Å². The third-order valence-electron chi connectivity index (χ3n) is 3.63. The Bertz CT molecular complexity index is 691. The van der Waals surface area contributed by atoms with Crippen LogP contribution in [0.1, 0.15) is 26.3 Å². The van der Waals surface area contributed by atoms with Crippen LogP contribution in [0.3, 0.4) is 0 Å². The van der Waals surface area contributed by atoms with Gasteiger partial charge in [-0.2, -0.15) is 0 Å². The molecular formula is C17H14O4. The summed E-state index contributed by atoms with van der Waals surface area (Å²) < 4.78 is 5.59. The van der Waals surface area contributed by atoms with Crippen LogP contribution in [-0.2, 0) is 6.42 Å². The van der Waals surface area contributed by atoms with Crippen LogP contribution in [-0.4, -0.2) is 23.5 Å². The van der Waals surface area contributed by atoms with Gasteiger partial charge in [0.15, 0.2) is 5.78 Å². The number of aromatic carboxylic acids is 1. The van der Waals surface area contributed by atoms with Crippen LogP contribution in [0.4, 0.5) is 0 Å². The number of carboxylic acids is 1. The molecule has 3 rings (SSSR count). The minimum absolute atomic E-state index is 0.0111. The summed E-state index contributed by atoms with van der Waals surface area (Å²) >= 11 is 0. The zero-order valence-corrected chi connectivity index (χ0v) is 11.3. The molecule has 1 aliphatic rings. The van der Waals surface area contributed by atoms with E-state index >= 15 is 0 Å². The number of rotatable bonds is 3. The summed E-state index contributed by atoms with van der Waals surface area (Å²) in [6.45, 7) is 0.282. The molecule has 1 heterocycles. The largest absolute Gasteiger partial charge is 0.492 e. The highest BCUT2D eigenvalue weighted by Gasteiger charge is 2.29. The Morgan fingerprint density at radius 3 is 2.67 bits per heavy atom. The van der Waals surface area contributed by atoms with Crippen molar-refractivity contribution >= 4 is 11.8 Å². The zero-order valence-electron chi connectivity index (χ0n) is 11.3. The molecule has 1 aliphatic heterocycles. The van der Waals surface area contributed by atoms with Crippen molar-refractivity contribution in [1.82, 2.24) is 0 Å². The second-order valence-electron chi connectivity index (χ2n) is 5.08. The van der Waals surface area contributed by atoms with E-state index in [1.54, 1.807) is 0 Å². The molecule has 0 saturated carbocycles. The lowest BCUT2D eigenvalue weighted by molar-refractivity contribution is 0.0693. The highest BCUT2D eigenvalue weighted by molar-refractivity contribution is 6.02. The van der Waals surface area contributed by atoms with E-state index in [0.29, 0.717) is 17.7 Å². The summed E-state index contributed by atoms with van der Waals surface area (Å²) in [4.78, 5) is 23.4. The lowest BCUT2D eigenvalue weighted by atomic mass is 9.89. The summed E-state index contributed by atoms with van der Waals surface area (Å²) in [6.07, 6.45) is 0.625. The van der Waals surface area contributed by atoms with Gasteiger partial charge in [0.25, 0.3) is 0 Å². The highest BCUT2D eigenvalue weighted by atomic mass is 16.5. The number of benzene rings is 2. The van der Waals surface area contributed by atoms with Crippen molar-refractivity contribution < 1.29 is 19.4 Å². The number of hydrogen-bond donors (Lipinski definition) is 1. The summed E-state index contributed by atoms with van der Waals surface area (Å²) in [5, 5.41) is 8.96. The van der Waals surface area contributed by atoms with Gasteiger partial charge in [-0.1, -0.05) is 30.3 Å². The fourth-order valence-electron chi connectivity index (χ4n) is 2.51. The van der Waals surface area contributed by atoms with Gasteiger partial charge in [-0.25, -0.2) is 4.79 Å². The maximum absolute atomic E-state index is 12.5. The van der Waals surface area contributed by atoms with Crippen LogP contribution >= 0.6 is 0 Å². The van der Waals surface area contributed by atoms with Crippen LogP contribution in [0, 0.1) is 5.92 Å². The van der Waals surface area contributed by atoms with Crippen LogP contribution < -0.4 is 4.74 Å². The minimum Gasteiger partial charge on any atom is -0.492 e. The quantitative estimate of drug-likeness (QED) is 0.940. The summed E-state index contributed by atoms with van der Waals surface area (Å²) in [6, 6.07) is 14.2. The first kappa shape index (κ1) is 13.4. The van der Waals surface area contributed by atoms with E-state index < -0.39 is 5.97 Å². The standard InChI is InChI=1S/C17H14O4/c18-16-13(8-11-4-2-1-3-5-11)10-21-15-9-12(17(19)20)6-7-14(15)16/h1-7,9,13H,8,10H2,(H,19,20). The van der Waals surface area contributed by atoms with Gasteiger partial charge in [-0.05, 0) is 30.2 Å². The first-order valence-corrected chi connectivity index (χ1v) is 6.73. The minimum atomic E-state index is -1.03. The fourth-order valence-corrected chi connectivity index (χ4v) is 2.51. The average Bonchev–Trinajstić information content (AvgIpc) is 2.51. The SMILES string of the molecule is O=C(O)c1ccc2c(c1)OCC(Cc1ccccc1)C2=O. The molecule has 106 valence electrons. The number of carbonyl (C=O) groups is 2. The molecule has 0 fully saturated rings. The molecule has 0 aliphatic carbocycles. The monoisotopic (exact) mass is 282 g/mol. The Hall–Kier alpha value is -2.62. The van der Waals surface area contributed by atoms with Gasteiger partial charge < -0.3 is 9.84 Å². The predicted octanol–water partition coefficient (Wildman–Crippen LogP) is 2.82. The van der Waals surface area contributed by atoms with Crippen molar-refractivity contribution in [1.29, 1.82) is 0 Å². The topological polar surface area (TPSA) is 63.6 Å².